The van der Waals surface area contributed by atoms with Crippen molar-refractivity contribution in [1.29, 1.82) is 0 Å². The maximum Gasteiger partial charge on any atom is 0.0515 e. The van der Waals surface area contributed by atoms with Gasteiger partial charge in [-0.05, 0) is 18.1 Å². The second-order valence-electron chi connectivity index (χ2n) is 4.17. The molecule has 2 heterocycles. The Morgan fingerprint density at radius 3 is 3.20 bits per heavy atom. The number of nitrogens with one attached hydrogen (secondary N) is 1. The van der Waals surface area contributed by atoms with Gasteiger partial charge in [0, 0.05) is 30.7 Å². The summed E-state index contributed by atoms with van der Waals surface area (Å²) in [5.41, 5.74) is 4.36. The van der Waals surface area contributed by atoms with Crippen LogP contribution in [0.3, 0.4) is 0 Å². The van der Waals surface area contributed by atoms with Gasteiger partial charge in [-0.25, -0.2) is 0 Å². The maximum absolute atomic E-state index is 3.42. The average molecular weight is 200 g/mol. The van der Waals surface area contributed by atoms with Gasteiger partial charge in [0.25, 0.3) is 0 Å². The summed E-state index contributed by atoms with van der Waals surface area (Å²) in [7, 11) is 0. The zero-order valence-electron chi connectivity index (χ0n) is 9.09. The van der Waals surface area contributed by atoms with Gasteiger partial charge in [-0.2, -0.15) is 0 Å². The standard InChI is InChI=1S/C13H16N2/c1-2-10-4-3-5-11-8-12-9-14-6-7-15(12)13(10)11/h3-5,8,14H,2,6-7,9H2,1H3. The molecule has 0 fully saturated rings. The normalized spacial score (nSPS) is 15.5. The van der Waals surface area contributed by atoms with Crippen molar-refractivity contribution in [3.8, 4) is 0 Å². The SMILES string of the molecule is CCc1cccc2cc3n(c12)CCNC3. The van der Waals surface area contributed by atoms with Crippen molar-refractivity contribution in [2.24, 2.45) is 0 Å². The molecule has 0 aliphatic carbocycles. The molecule has 2 nitrogen and oxygen atoms in total. The van der Waals surface area contributed by atoms with E-state index in [1.165, 1.54) is 22.2 Å². The predicted molar refractivity (Wildman–Crippen MR) is 63.0 cm³/mol. The number of hydrogen-bond donors (Lipinski definition) is 1. The molecule has 15 heavy (non-hydrogen) atoms. The zero-order valence-corrected chi connectivity index (χ0v) is 9.09. The van der Waals surface area contributed by atoms with Crippen molar-refractivity contribution in [2.75, 3.05) is 6.54 Å². The van der Waals surface area contributed by atoms with Gasteiger partial charge in [0.05, 0.1) is 5.52 Å². The lowest BCUT2D eigenvalue weighted by atomic mass is 10.1. The first kappa shape index (κ1) is 8.98. The number of hydrogen-bond acceptors (Lipinski definition) is 1. The molecule has 0 saturated carbocycles. The van der Waals surface area contributed by atoms with Gasteiger partial charge >= 0.3 is 0 Å². The van der Waals surface area contributed by atoms with Crippen molar-refractivity contribution >= 4 is 10.9 Å². The van der Waals surface area contributed by atoms with Gasteiger partial charge < -0.3 is 9.88 Å². The van der Waals surface area contributed by atoms with Crippen LogP contribution in [0.5, 0.6) is 0 Å². The van der Waals surface area contributed by atoms with Crippen LogP contribution in [0.4, 0.5) is 0 Å². The average Bonchev–Trinajstić information content (AvgIpc) is 2.67. The molecule has 0 bridgehead atoms. The molecule has 0 unspecified atom stereocenters. The van der Waals surface area contributed by atoms with E-state index in [0.717, 1.165) is 26.1 Å². The lowest BCUT2D eigenvalue weighted by Crippen LogP contribution is -2.27. The first-order valence-electron chi connectivity index (χ1n) is 5.71. The van der Waals surface area contributed by atoms with E-state index in [2.05, 4.69) is 41.1 Å². The van der Waals surface area contributed by atoms with Gasteiger partial charge in [0.15, 0.2) is 0 Å². The molecular formula is C13H16N2. The minimum absolute atomic E-state index is 1.01. The Kier molecular flexibility index (Phi) is 2.03. The van der Waals surface area contributed by atoms with Crippen molar-refractivity contribution in [2.45, 2.75) is 26.4 Å². The molecule has 0 saturated heterocycles. The molecular weight excluding hydrogens is 184 g/mol. The molecule has 1 aromatic heterocycles. The fraction of sp³-hybridized carbons (Fsp3) is 0.385. The van der Waals surface area contributed by atoms with Crippen molar-refractivity contribution in [3.63, 3.8) is 0 Å². The molecule has 0 radical (unpaired) electrons. The van der Waals surface area contributed by atoms with Crippen molar-refractivity contribution < 1.29 is 0 Å². The quantitative estimate of drug-likeness (QED) is 0.747. The van der Waals surface area contributed by atoms with Crippen LogP contribution in [-0.4, -0.2) is 11.1 Å². The first-order valence-corrected chi connectivity index (χ1v) is 5.71. The monoisotopic (exact) mass is 200 g/mol. The molecule has 0 atom stereocenters. The second kappa shape index (κ2) is 3.38. The van der Waals surface area contributed by atoms with Crippen LogP contribution in [0.1, 0.15) is 18.2 Å². The highest BCUT2D eigenvalue weighted by Gasteiger charge is 2.13. The molecule has 1 aliphatic rings. The Balaban J connectivity index is 2.33. The van der Waals surface area contributed by atoms with Crippen molar-refractivity contribution in [1.82, 2.24) is 9.88 Å². The van der Waals surface area contributed by atoms with E-state index < -0.39 is 0 Å². The molecule has 78 valence electrons. The predicted octanol–water partition coefficient (Wildman–Crippen LogP) is 2.31. The van der Waals surface area contributed by atoms with Gasteiger partial charge in [-0.1, -0.05) is 25.1 Å². The van der Waals surface area contributed by atoms with Crippen LogP contribution < -0.4 is 5.32 Å². The summed E-state index contributed by atoms with van der Waals surface area (Å²) in [5, 5.41) is 4.81. The first-order chi connectivity index (χ1) is 7.40. The molecule has 1 aromatic carbocycles. The van der Waals surface area contributed by atoms with Crippen LogP contribution >= 0.6 is 0 Å². The highest BCUT2D eigenvalue weighted by Crippen LogP contribution is 2.25. The summed E-state index contributed by atoms with van der Waals surface area (Å²) in [5.74, 6) is 0. The number of fused-ring (bicyclic) bond motifs is 3. The molecule has 2 aromatic rings. The third-order valence-electron chi connectivity index (χ3n) is 3.29. The third-order valence-corrected chi connectivity index (χ3v) is 3.29. The number of para-hydroxylation sites is 1. The summed E-state index contributed by atoms with van der Waals surface area (Å²) in [6.45, 7) is 5.44. The number of rotatable bonds is 1. The van der Waals surface area contributed by atoms with Crippen LogP contribution in [-0.2, 0) is 19.5 Å². The number of aromatic nitrogens is 1. The maximum atomic E-state index is 3.42. The fourth-order valence-corrected chi connectivity index (χ4v) is 2.55. The van der Waals surface area contributed by atoms with Gasteiger partial charge in [0.1, 0.15) is 0 Å². The van der Waals surface area contributed by atoms with Gasteiger partial charge in [-0.15, -0.1) is 0 Å². The molecule has 2 heteroatoms. The lowest BCUT2D eigenvalue weighted by Gasteiger charge is -2.18. The Labute approximate surface area is 89.9 Å². The Hall–Kier alpha value is -1.28. The summed E-state index contributed by atoms with van der Waals surface area (Å²) < 4.78 is 2.48. The van der Waals surface area contributed by atoms with Crippen LogP contribution in [0, 0.1) is 0 Å². The Bertz CT molecular complexity index is 496. The van der Waals surface area contributed by atoms with E-state index in [1.54, 1.807) is 0 Å². The summed E-state index contributed by atoms with van der Waals surface area (Å²) in [6.07, 6.45) is 1.12. The largest absolute Gasteiger partial charge is 0.342 e. The van der Waals surface area contributed by atoms with Gasteiger partial charge in [-0.3, -0.25) is 0 Å². The minimum Gasteiger partial charge on any atom is -0.342 e. The van der Waals surface area contributed by atoms with Crippen LogP contribution in [0.25, 0.3) is 10.9 Å². The molecule has 1 aliphatic heterocycles. The lowest BCUT2D eigenvalue weighted by molar-refractivity contribution is 0.526. The van der Waals surface area contributed by atoms with Crippen LogP contribution in [0.15, 0.2) is 24.3 Å². The van der Waals surface area contributed by atoms with E-state index in [1.807, 2.05) is 0 Å². The topological polar surface area (TPSA) is 17.0 Å². The van der Waals surface area contributed by atoms with E-state index in [4.69, 9.17) is 0 Å². The number of aryl methyl sites for hydroxylation is 1. The smallest absolute Gasteiger partial charge is 0.0515 e. The van der Waals surface area contributed by atoms with E-state index in [9.17, 15) is 0 Å². The number of nitrogens with zero attached hydrogens (tertiary/aromatic N) is 1. The fourth-order valence-electron chi connectivity index (χ4n) is 2.55. The molecule has 0 amide bonds. The minimum atomic E-state index is 1.01. The highest BCUT2D eigenvalue weighted by atomic mass is 15.1. The third kappa shape index (κ3) is 1.29. The second-order valence-corrected chi connectivity index (χ2v) is 4.17. The van der Waals surface area contributed by atoms with E-state index in [0.29, 0.717) is 0 Å². The van der Waals surface area contributed by atoms with E-state index >= 15 is 0 Å². The van der Waals surface area contributed by atoms with Gasteiger partial charge in [0.2, 0.25) is 0 Å². The highest BCUT2D eigenvalue weighted by molar-refractivity contribution is 5.84. The Morgan fingerprint density at radius 2 is 2.33 bits per heavy atom. The molecule has 1 N–H and O–H groups in total. The Morgan fingerprint density at radius 1 is 1.40 bits per heavy atom. The molecule has 3 rings (SSSR count). The number of benzene rings is 1. The van der Waals surface area contributed by atoms with E-state index in [-0.39, 0.29) is 0 Å². The van der Waals surface area contributed by atoms with Crippen molar-refractivity contribution in [3.05, 3.63) is 35.5 Å². The van der Waals surface area contributed by atoms with Crippen LogP contribution in [0.2, 0.25) is 0 Å². The zero-order chi connectivity index (χ0) is 10.3. The summed E-state index contributed by atoms with van der Waals surface area (Å²) in [6, 6.07) is 8.96. The molecule has 0 spiro atoms. The summed E-state index contributed by atoms with van der Waals surface area (Å²) in [4.78, 5) is 0. The summed E-state index contributed by atoms with van der Waals surface area (Å²) >= 11 is 0.